The molecule has 4 heterocycles. The topological polar surface area (TPSA) is 64.4 Å². The lowest BCUT2D eigenvalue weighted by atomic mass is 9.76. The zero-order valence-corrected chi connectivity index (χ0v) is 14.1. The molecule has 4 rings (SSSR count). The number of likely N-dealkylation sites (tertiary alicyclic amines) is 1. The van der Waals surface area contributed by atoms with E-state index in [1.807, 2.05) is 32.5 Å². The molecular formula is C17H19N3O3S. The predicted octanol–water partition coefficient (Wildman–Crippen LogP) is 2.18. The van der Waals surface area contributed by atoms with Crippen LogP contribution in [0.3, 0.4) is 0 Å². The number of thiophene rings is 1. The third kappa shape index (κ3) is 2.73. The van der Waals surface area contributed by atoms with Crippen LogP contribution in [0.4, 0.5) is 0 Å². The Kier molecular flexibility index (Phi) is 3.88. The van der Waals surface area contributed by atoms with Crippen molar-refractivity contribution in [2.75, 3.05) is 13.1 Å². The molecule has 0 aliphatic carbocycles. The van der Waals surface area contributed by atoms with Crippen molar-refractivity contribution in [2.45, 2.75) is 31.9 Å². The average molecular weight is 345 g/mol. The predicted molar refractivity (Wildman–Crippen MR) is 88.6 cm³/mol. The van der Waals surface area contributed by atoms with Gasteiger partial charge in [0.1, 0.15) is 6.10 Å². The molecule has 2 fully saturated rings. The quantitative estimate of drug-likeness (QED) is 0.800. The maximum absolute atomic E-state index is 12.4. The second-order valence-electron chi connectivity index (χ2n) is 6.58. The normalized spacial score (nSPS) is 22.8. The second-order valence-corrected chi connectivity index (χ2v) is 7.36. The lowest BCUT2D eigenvalue weighted by Gasteiger charge is -2.36. The summed E-state index contributed by atoms with van der Waals surface area (Å²) in [6, 6.07) is 1.85. The van der Waals surface area contributed by atoms with Crippen molar-refractivity contribution in [2.24, 2.45) is 5.41 Å². The number of piperidine rings is 1. The van der Waals surface area contributed by atoms with Gasteiger partial charge in [0, 0.05) is 37.3 Å². The van der Waals surface area contributed by atoms with E-state index in [-0.39, 0.29) is 18.0 Å². The summed E-state index contributed by atoms with van der Waals surface area (Å²) in [5.74, 6) is -0.0392. The molecule has 1 unspecified atom stereocenters. The summed E-state index contributed by atoms with van der Waals surface area (Å²) in [7, 11) is 0. The Morgan fingerprint density at radius 3 is 2.92 bits per heavy atom. The van der Waals surface area contributed by atoms with Crippen LogP contribution in [0.5, 0.6) is 0 Å². The first-order valence-corrected chi connectivity index (χ1v) is 9.09. The third-order valence-electron chi connectivity index (χ3n) is 5.07. The number of hydrogen-bond acceptors (Lipinski definition) is 5. The summed E-state index contributed by atoms with van der Waals surface area (Å²) in [6.45, 7) is 1.87. The second kappa shape index (κ2) is 6.05. The van der Waals surface area contributed by atoms with Crippen LogP contribution in [-0.2, 0) is 16.1 Å². The Bertz CT molecular complexity index is 718. The highest BCUT2D eigenvalue weighted by Crippen LogP contribution is 2.43. The van der Waals surface area contributed by atoms with Crippen LogP contribution in [0.15, 0.2) is 35.5 Å². The monoisotopic (exact) mass is 345 g/mol. The van der Waals surface area contributed by atoms with Crippen LogP contribution in [0, 0.1) is 5.41 Å². The summed E-state index contributed by atoms with van der Waals surface area (Å²) in [4.78, 5) is 30.7. The standard InChI is InChI=1S/C17H19N3O3S/c21-15(13-1-8-24-11-13)20-5-2-17(3-6-20)9-14(23-16(17)22)10-19-7-4-18-12-19/h1,4,7-8,11-12,14H,2-3,5-6,9-10H2. The molecule has 1 spiro atoms. The molecule has 0 radical (unpaired) electrons. The van der Waals surface area contributed by atoms with Gasteiger partial charge in [0.05, 0.1) is 23.9 Å². The Morgan fingerprint density at radius 2 is 2.25 bits per heavy atom. The highest BCUT2D eigenvalue weighted by atomic mass is 32.1. The Hall–Kier alpha value is -2.15. The van der Waals surface area contributed by atoms with Gasteiger partial charge in [-0.2, -0.15) is 11.3 Å². The molecule has 1 atom stereocenters. The van der Waals surface area contributed by atoms with Gasteiger partial charge >= 0.3 is 5.97 Å². The lowest BCUT2D eigenvalue weighted by Crippen LogP contribution is -2.45. The van der Waals surface area contributed by atoms with Crippen LogP contribution in [0.25, 0.3) is 0 Å². The number of hydrogen-bond donors (Lipinski definition) is 0. The minimum Gasteiger partial charge on any atom is -0.460 e. The first kappa shape index (κ1) is 15.4. The Labute approximate surface area is 144 Å². The molecule has 0 N–H and O–H groups in total. The number of amides is 1. The third-order valence-corrected chi connectivity index (χ3v) is 5.76. The van der Waals surface area contributed by atoms with E-state index in [0.29, 0.717) is 32.5 Å². The van der Waals surface area contributed by atoms with Gasteiger partial charge in [-0.3, -0.25) is 9.59 Å². The number of nitrogens with zero attached hydrogens (tertiary/aromatic N) is 3. The highest BCUT2D eigenvalue weighted by Gasteiger charge is 2.50. The van der Waals surface area contributed by atoms with Crippen molar-refractivity contribution in [1.82, 2.24) is 14.5 Å². The van der Waals surface area contributed by atoms with Crippen molar-refractivity contribution in [3.8, 4) is 0 Å². The molecule has 6 nitrogen and oxygen atoms in total. The van der Waals surface area contributed by atoms with E-state index in [2.05, 4.69) is 4.98 Å². The lowest BCUT2D eigenvalue weighted by molar-refractivity contribution is -0.150. The van der Waals surface area contributed by atoms with Crippen LogP contribution >= 0.6 is 11.3 Å². The van der Waals surface area contributed by atoms with E-state index in [4.69, 9.17) is 4.74 Å². The van der Waals surface area contributed by atoms with Gasteiger partial charge in [0.25, 0.3) is 5.91 Å². The number of imidazole rings is 1. The van der Waals surface area contributed by atoms with E-state index < -0.39 is 5.41 Å². The van der Waals surface area contributed by atoms with Crippen molar-refractivity contribution < 1.29 is 14.3 Å². The summed E-state index contributed by atoms with van der Waals surface area (Å²) >= 11 is 1.52. The van der Waals surface area contributed by atoms with Crippen molar-refractivity contribution >= 4 is 23.2 Å². The number of aromatic nitrogens is 2. The largest absolute Gasteiger partial charge is 0.460 e. The first-order valence-electron chi connectivity index (χ1n) is 8.15. The SMILES string of the molecule is O=C(c1ccsc1)N1CCC2(CC1)CC(Cn1ccnc1)OC2=O. The number of carbonyl (C=O) groups excluding carboxylic acids is 2. The van der Waals surface area contributed by atoms with E-state index >= 15 is 0 Å². The van der Waals surface area contributed by atoms with Crippen LogP contribution in [0.1, 0.15) is 29.6 Å². The molecule has 2 aromatic rings. The molecule has 2 saturated heterocycles. The molecule has 2 aliphatic rings. The van der Waals surface area contributed by atoms with Gasteiger partial charge in [-0.25, -0.2) is 4.98 Å². The molecule has 24 heavy (non-hydrogen) atoms. The van der Waals surface area contributed by atoms with E-state index in [0.717, 1.165) is 12.0 Å². The molecule has 126 valence electrons. The Balaban J connectivity index is 1.39. The van der Waals surface area contributed by atoms with E-state index in [1.54, 1.807) is 12.5 Å². The fourth-order valence-corrected chi connectivity index (χ4v) is 4.31. The fraction of sp³-hybridized carbons (Fsp3) is 0.471. The van der Waals surface area contributed by atoms with Crippen molar-refractivity contribution in [3.05, 3.63) is 41.1 Å². The van der Waals surface area contributed by atoms with Crippen molar-refractivity contribution in [3.63, 3.8) is 0 Å². The minimum absolute atomic E-state index is 0.0624. The van der Waals surface area contributed by atoms with E-state index in [9.17, 15) is 9.59 Å². The number of carbonyl (C=O) groups is 2. The smallest absolute Gasteiger partial charge is 0.312 e. The molecular weight excluding hydrogens is 326 g/mol. The van der Waals surface area contributed by atoms with Gasteiger partial charge in [0.2, 0.25) is 0 Å². The number of esters is 1. The highest BCUT2D eigenvalue weighted by molar-refractivity contribution is 7.08. The minimum atomic E-state index is -0.420. The molecule has 2 aliphatic heterocycles. The first-order chi connectivity index (χ1) is 11.7. The van der Waals surface area contributed by atoms with E-state index in [1.165, 1.54) is 11.3 Å². The summed E-state index contributed by atoms with van der Waals surface area (Å²) in [5, 5.41) is 3.78. The van der Waals surface area contributed by atoms with Crippen LogP contribution in [-0.4, -0.2) is 45.5 Å². The summed E-state index contributed by atoms with van der Waals surface area (Å²) in [5.41, 5.74) is 0.319. The van der Waals surface area contributed by atoms with Gasteiger partial charge in [-0.1, -0.05) is 0 Å². The van der Waals surface area contributed by atoms with Gasteiger partial charge in [0.15, 0.2) is 0 Å². The molecule has 0 aromatic carbocycles. The zero-order valence-electron chi connectivity index (χ0n) is 13.3. The van der Waals surface area contributed by atoms with Gasteiger partial charge < -0.3 is 14.2 Å². The van der Waals surface area contributed by atoms with Crippen LogP contribution in [0.2, 0.25) is 0 Å². The summed E-state index contributed by atoms with van der Waals surface area (Å²) < 4.78 is 7.54. The molecule has 2 aromatic heterocycles. The zero-order chi connectivity index (χ0) is 16.6. The van der Waals surface area contributed by atoms with Gasteiger partial charge in [-0.05, 0) is 24.3 Å². The fourth-order valence-electron chi connectivity index (χ4n) is 3.68. The molecule has 7 heteroatoms. The number of ether oxygens (including phenoxy) is 1. The Morgan fingerprint density at radius 1 is 1.42 bits per heavy atom. The van der Waals surface area contributed by atoms with Crippen LogP contribution < -0.4 is 0 Å². The average Bonchev–Trinajstić information content (AvgIpc) is 3.32. The number of cyclic esters (lactones) is 1. The van der Waals surface area contributed by atoms with Gasteiger partial charge in [-0.15, -0.1) is 0 Å². The molecule has 0 saturated carbocycles. The van der Waals surface area contributed by atoms with Crippen molar-refractivity contribution in [1.29, 1.82) is 0 Å². The molecule has 0 bridgehead atoms. The summed E-state index contributed by atoms with van der Waals surface area (Å²) in [6.07, 6.45) is 7.32. The maximum atomic E-state index is 12.4. The number of rotatable bonds is 3. The maximum Gasteiger partial charge on any atom is 0.312 e. The molecule has 1 amide bonds.